The summed E-state index contributed by atoms with van der Waals surface area (Å²) in [5.74, 6) is 0. The minimum Gasteiger partial charge on any atom is -0.292 e. The maximum atomic E-state index is 12.1. The van der Waals surface area contributed by atoms with Gasteiger partial charge in [-0.1, -0.05) is 23.7 Å². The third kappa shape index (κ3) is 6.25. The molecular formula is C10H11ClF2O4S. The van der Waals surface area contributed by atoms with Gasteiger partial charge in [-0.2, -0.15) is 17.2 Å². The second-order valence-corrected chi connectivity index (χ2v) is 5.49. The first kappa shape index (κ1) is 15.3. The smallest absolute Gasteiger partial charge is 0.292 e. The van der Waals surface area contributed by atoms with E-state index in [0.29, 0.717) is 10.6 Å². The Morgan fingerprint density at radius 1 is 1.28 bits per heavy atom. The van der Waals surface area contributed by atoms with Crippen LogP contribution in [0.15, 0.2) is 24.3 Å². The second kappa shape index (κ2) is 6.42. The van der Waals surface area contributed by atoms with Crippen molar-refractivity contribution in [3.8, 4) is 0 Å². The van der Waals surface area contributed by atoms with Crippen LogP contribution in [0, 0.1) is 0 Å². The zero-order valence-corrected chi connectivity index (χ0v) is 10.9. The fourth-order valence-electron chi connectivity index (χ4n) is 1.23. The molecule has 4 nitrogen and oxygen atoms in total. The van der Waals surface area contributed by atoms with Gasteiger partial charge in [0.1, 0.15) is 0 Å². The van der Waals surface area contributed by atoms with E-state index in [2.05, 4.69) is 8.92 Å². The molecule has 0 N–H and O–H groups in total. The van der Waals surface area contributed by atoms with Crippen molar-refractivity contribution < 1.29 is 26.1 Å². The average molecular weight is 301 g/mol. The van der Waals surface area contributed by atoms with E-state index < -0.39 is 23.0 Å². The molecule has 1 aromatic carbocycles. The van der Waals surface area contributed by atoms with E-state index >= 15 is 0 Å². The molecule has 0 fully saturated rings. The fraction of sp³-hybridized carbons (Fsp3) is 0.400. The molecule has 0 radical (unpaired) electrons. The van der Waals surface area contributed by atoms with Gasteiger partial charge in [0, 0.05) is 11.4 Å². The van der Waals surface area contributed by atoms with Crippen LogP contribution in [-0.4, -0.2) is 27.6 Å². The van der Waals surface area contributed by atoms with Gasteiger partial charge in [0.2, 0.25) is 0 Å². The summed E-state index contributed by atoms with van der Waals surface area (Å²) in [5, 5.41) is 0.481. The molecular weight excluding hydrogens is 290 g/mol. The average Bonchev–Trinajstić information content (AvgIpc) is 2.18. The van der Waals surface area contributed by atoms with Gasteiger partial charge in [-0.25, -0.2) is 4.18 Å². The molecule has 1 rings (SSSR count). The topological polar surface area (TPSA) is 52.6 Å². The molecule has 8 heteroatoms. The first-order chi connectivity index (χ1) is 8.26. The highest BCUT2D eigenvalue weighted by Gasteiger charge is 2.21. The van der Waals surface area contributed by atoms with Gasteiger partial charge in [-0.3, -0.25) is 4.74 Å². The van der Waals surface area contributed by atoms with Crippen molar-refractivity contribution in [1.82, 2.24) is 0 Å². The monoisotopic (exact) mass is 300 g/mol. The summed E-state index contributed by atoms with van der Waals surface area (Å²) in [4.78, 5) is 0. The normalized spacial score (nSPS) is 13.8. The van der Waals surface area contributed by atoms with Gasteiger partial charge in [0.25, 0.3) is 10.1 Å². The summed E-state index contributed by atoms with van der Waals surface area (Å²) in [7, 11) is -3.88. The molecule has 1 atom stereocenters. The van der Waals surface area contributed by atoms with Gasteiger partial charge in [-0.05, 0) is 17.7 Å². The Bertz CT molecular complexity index is 475. The number of benzene rings is 1. The molecule has 102 valence electrons. The van der Waals surface area contributed by atoms with Crippen LogP contribution in [0.3, 0.4) is 0 Å². The van der Waals surface area contributed by atoms with E-state index in [0.717, 1.165) is 6.26 Å². The van der Waals surface area contributed by atoms with Crippen molar-refractivity contribution >= 4 is 21.7 Å². The van der Waals surface area contributed by atoms with E-state index in [9.17, 15) is 17.2 Å². The standard InChI is InChI=1S/C10H11ClF2O4S/c1-18(14,15)17-9(16-10(12)13)6-7-2-4-8(11)5-3-7/h2-5,9-10H,6H2,1H3. The molecule has 0 aliphatic rings. The zero-order chi connectivity index (χ0) is 13.8. The Labute approximate surface area is 109 Å². The Morgan fingerprint density at radius 2 is 1.83 bits per heavy atom. The van der Waals surface area contributed by atoms with Crippen molar-refractivity contribution in [2.24, 2.45) is 0 Å². The maximum Gasteiger partial charge on any atom is 0.347 e. The predicted molar refractivity (Wildman–Crippen MR) is 62.0 cm³/mol. The van der Waals surface area contributed by atoms with Crippen molar-refractivity contribution in [1.29, 1.82) is 0 Å². The number of halogens is 3. The van der Waals surface area contributed by atoms with Crippen LogP contribution in [0.25, 0.3) is 0 Å². The molecule has 0 saturated carbocycles. The van der Waals surface area contributed by atoms with Gasteiger partial charge in [0.05, 0.1) is 6.26 Å². The number of alkyl halides is 2. The maximum absolute atomic E-state index is 12.1. The molecule has 0 saturated heterocycles. The highest BCUT2D eigenvalue weighted by Crippen LogP contribution is 2.15. The molecule has 0 aromatic heterocycles. The SMILES string of the molecule is CS(=O)(=O)OC(Cc1ccc(Cl)cc1)OC(F)F. The van der Waals surface area contributed by atoms with Gasteiger partial charge in [0.15, 0.2) is 6.29 Å². The van der Waals surface area contributed by atoms with Crippen LogP contribution < -0.4 is 0 Å². The fourth-order valence-corrected chi connectivity index (χ4v) is 1.86. The third-order valence-corrected chi connectivity index (χ3v) is 2.67. The van der Waals surface area contributed by atoms with Crippen molar-refractivity contribution in [2.45, 2.75) is 19.3 Å². The summed E-state index contributed by atoms with van der Waals surface area (Å²) in [6.07, 6.45) is -0.938. The summed E-state index contributed by atoms with van der Waals surface area (Å²) < 4.78 is 54.5. The largest absolute Gasteiger partial charge is 0.347 e. The lowest BCUT2D eigenvalue weighted by atomic mass is 10.1. The molecule has 0 aliphatic carbocycles. The van der Waals surface area contributed by atoms with E-state index in [1.54, 1.807) is 24.3 Å². The first-order valence-corrected chi connectivity index (χ1v) is 7.02. The van der Waals surface area contributed by atoms with E-state index in [-0.39, 0.29) is 6.42 Å². The highest BCUT2D eigenvalue weighted by molar-refractivity contribution is 7.86. The molecule has 0 spiro atoms. The number of rotatable bonds is 6. The minimum atomic E-state index is -3.88. The van der Waals surface area contributed by atoms with Crippen LogP contribution >= 0.6 is 11.6 Å². The lowest BCUT2D eigenvalue weighted by Crippen LogP contribution is -2.25. The molecule has 0 bridgehead atoms. The Kier molecular flexibility index (Phi) is 5.46. The molecule has 18 heavy (non-hydrogen) atoms. The Balaban J connectivity index is 2.74. The molecule has 1 aromatic rings. The second-order valence-electron chi connectivity index (χ2n) is 3.46. The number of hydrogen-bond donors (Lipinski definition) is 0. The predicted octanol–water partition coefficient (Wildman–Crippen LogP) is 2.42. The van der Waals surface area contributed by atoms with Crippen LogP contribution in [0.5, 0.6) is 0 Å². The van der Waals surface area contributed by atoms with Crippen molar-refractivity contribution in [2.75, 3.05) is 6.26 Å². The van der Waals surface area contributed by atoms with Crippen molar-refractivity contribution in [3.63, 3.8) is 0 Å². The number of hydrogen-bond acceptors (Lipinski definition) is 4. The molecule has 1 unspecified atom stereocenters. The van der Waals surface area contributed by atoms with E-state index in [1.807, 2.05) is 0 Å². The minimum absolute atomic E-state index is 0.130. The van der Waals surface area contributed by atoms with Crippen LogP contribution in [0.2, 0.25) is 5.02 Å². The summed E-state index contributed by atoms with van der Waals surface area (Å²) >= 11 is 5.66. The van der Waals surface area contributed by atoms with E-state index in [1.165, 1.54) is 0 Å². The Morgan fingerprint density at radius 3 is 2.28 bits per heavy atom. The van der Waals surface area contributed by atoms with Gasteiger partial charge >= 0.3 is 6.61 Å². The van der Waals surface area contributed by atoms with Crippen LogP contribution in [0.4, 0.5) is 8.78 Å². The van der Waals surface area contributed by atoms with Crippen LogP contribution in [-0.2, 0) is 25.5 Å². The quantitative estimate of drug-likeness (QED) is 0.598. The zero-order valence-electron chi connectivity index (χ0n) is 9.35. The molecule has 0 amide bonds. The summed E-state index contributed by atoms with van der Waals surface area (Å²) in [5.41, 5.74) is 0.564. The van der Waals surface area contributed by atoms with Crippen LogP contribution in [0.1, 0.15) is 5.56 Å². The summed E-state index contributed by atoms with van der Waals surface area (Å²) in [6.45, 7) is -3.12. The molecule has 0 aliphatic heterocycles. The highest BCUT2D eigenvalue weighted by atomic mass is 35.5. The lowest BCUT2D eigenvalue weighted by Gasteiger charge is -2.16. The molecule has 0 heterocycles. The summed E-state index contributed by atoms with van der Waals surface area (Å²) in [6, 6.07) is 6.24. The third-order valence-electron chi connectivity index (χ3n) is 1.85. The van der Waals surface area contributed by atoms with Gasteiger partial charge < -0.3 is 0 Å². The van der Waals surface area contributed by atoms with E-state index in [4.69, 9.17) is 11.6 Å². The Hall–Kier alpha value is -0.760. The lowest BCUT2D eigenvalue weighted by molar-refractivity contribution is -0.214. The van der Waals surface area contributed by atoms with Gasteiger partial charge in [-0.15, -0.1) is 0 Å². The first-order valence-electron chi connectivity index (χ1n) is 4.82. The number of ether oxygens (including phenoxy) is 1. The van der Waals surface area contributed by atoms with Crippen molar-refractivity contribution in [3.05, 3.63) is 34.9 Å².